The zero-order valence-corrected chi connectivity index (χ0v) is 11.0. The molecule has 0 radical (unpaired) electrons. The zero-order valence-electron chi connectivity index (χ0n) is 11.0. The molecule has 2 rings (SSSR count). The van der Waals surface area contributed by atoms with E-state index in [0.29, 0.717) is 12.6 Å². The van der Waals surface area contributed by atoms with Crippen LogP contribution in [0.3, 0.4) is 0 Å². The molecule has 0 bridgehead atoms. The molecule has 2 aliphatic heterocycles. The number of nitrogens with one attached hydrogen (secondary N) is 1. The van der Waals surface area contributed by atoms with Crippen molar-refractivity contribution in [2.75, 3.05) is 13.1 Å². The van der Waals surface area contributed by atoms with Crippen LogP contribution in [-0.2, 0) is 9.59 Å². The molecule has 2 saturated heterocycles. The molecule has 2 fully saturated rings. The molecule has 3 unspecified atom stereocenters. The van der Waals surface area contributed by atoms with Gasteiger partial charge in [0.2, 0.25) is 11.8 Å². The van der Waals surface area contributed by atoms with E-state index in [2.05, 4.69) is 12.2 Å². The van der Waals surface area contributed by atoms with Crippen LogP contribution in [0.5, 0.6) is 0 Å². The summed E-state index contributed by atoms with van der Waals surface area (Å²) < 4.78 is 0. The fraction of sp³-hybridized carbons (Fsp3) is 0.846. The van der Waals surface area contributed by atoms with Gasteiger partial charge in [-0.15, -0.1) is 0 Å². The van der Waals surface area contributed by atoms with Crippen molar-refractivity contribution in [3.63, 3.8) is 0 Å². The number of amides is 2. The predicted octanol–water partition coefficient (Wildman–Crippen LogP) is 0.241. The van der Waals surface area contributed by atoms with Gasteiger partial charge in [-0.1, -0.05) is 0 Å². The van der Waals surface area contributed by atoms with E-state index in [1.807, 2.05) is 0 Å². The highest BCUT2D eigenvalue weighted by molar-refractivity contribution is 5.88. The normalized spacial score (nSPS) is 33.2. The summed E-state index contributed by atoms with van der Waals surface area (Å²) in [7, 11) is 0. The molecule has 3 atom stereocenters. The molecule has 18 heavy (non-hydrogen) atoms. The number of piperidine rings is 2. The summed E-state index contributed by atoms with van der Waals surface area (Å²) in [6, 6.07) is 0.105. The Kier molecular flexibility index (Phi) is 4.22. The van der Waals surface area contributed by atoms with Gasteiger partial charge in [0.15, 0.2) is 0 Å². The van der Waals surface area contributed by atoms with E-state index in [4.69, 9.17) is 5.73 Å². The van der Waals surface area contributed by atoms with Crippen molar-refractivity contribution < 1.29 is 9.59 Å². The van der Waals surface area contributed by atoms with E-state index in [0.717, 1.165) is 38.6 Å². The first kappa shape index (κ1) is 13.3. The molecule has 0 spiro atoms. The molecule has 5 nitrogen and oxygen atoms in total. The number of hydrogen-bond donors (Lipinski definition) is 2. The van der Waals surface area contributed by atoms with Gasteiger partial charge in [-0.25, -0.2) is 0 Å². The summed E-state index contributed by atoms with van der Waals surface area (Å²) in [5.74, 6) is -0.237. The van der Waals surface area contributed by atoms with Crippen LogP contribution in [-0.4, -0.2) is 41.9 Å². The van der Waals surface area contributed by atoms with E-state index in [1.165, 1.54) is 0 Å². The van der Waals surface area contributed by atoms with Crippen molar-refractivity contribution in [2.24, 2.45) is 11.7 Å². The lowest BCUT2D eigenvalue weighted by Gasteiger charge is -2.37. The Hall–Kier alpha value is -1.10. The molecule has 3 N–H and O–H groups in total. The highest BCUT2D eigenvalue weighted by atomic mass is 16.2. The molecule has 0 aromatic carbocycles. The van der Waals surface area contributed by atoms with Gasteiger partial charge < -0.3 is 16.0 Å². The second kappa shape index (κ2) is 5.69. The number of carbonyl (C=O) groups is 2. The van der Waals surface area contributed by atoms with Gasteiger partial charge >= 0.3 is 0 Å². The molecule has 0 aliphatic carbocycles. The molecular weight excluding hydrogens is 230 g/mol. The number of rotatable bonds is 2. The van der Waals surface area contributed by atoms with E-state index in [-0.39, 0.29) is 23.8 Å². The van der Waals surface area contributed by atoms with Crippen LogP contribution in [0.15, 0.2) is 0 Å². The summed E-state index contributed by atoms with van der Waals surface area (Å²) in [6.45, 7) is 3.54. The summed E-state index contributed by atoms with van der Waals surface area (Å²) in [5.41, 5.74) is 5.40. The molecule has 5 heteroatoms. The number of primary amides is 1. The highest BCUT2D eigenvalue weighted by Gasteiger charge is 2.35. The smallest absolute Gasteiger partial charge is 0.240 e. The van der Waals surface area contributed by atoms with Gasteiger partial charge in [0.05, 0.1) is 5.92 Å². The lowest BCUT2D eigenvalue weighted by molar-refractivity contribution is -0.145. The fourth-order valence-corrected chi connectivity index (χ4v) is 2.94. The Labute approximate surface area is 108 Å². The minimum Gasteiger partial charge on any atom is -0.368 e. The molecule has 2 heterocycles. The minimum atomic E-state index is -0.384. The number of likely N-dealkylation sites (tertiary alicyclic amines) is 1. The van der Waals surface area contributed by atoms with Gasteiger partial charge in [0, 0.05) is 19.1 Å². The quantitative estimate of drug-likeness (QED) is 0.740. The van der Waals surface area contributed by atoms with Crippen molar-refractivity contribution in [1.82, 2.24) is 10.2 Å². The Bertz CT molecular complexity index is 324. The first-order valence-electron chi connectivity index (χ1n) is 6.92. The lowest BCUT2D eigenvalue weighted by Crippen LogP contribution is -2.54. The Morgan fingerprint density at radius 3 is 2.61 bits per heavy atom. The second-order valence-electron chi connectivity index (χ2n) is 5.53. The third-order valence-corrected chi connectivity index (χ3v) is 4.12. The number of hydrogen-bond acceptors (Lipinski definition) is 3. The number of carbonyl (C=O) groups excluding carboxylic acids is 2. The van der Waals surface area contributed by atoms with Gasteiger partial charge in [-0.3, -0.25) is 9.59 Å². The first-order valence-corrected chi connectivity index (χ1v) is 6.92. The van der Waals surface area contributed by atoms with E-state index in [9.17, 15) is 9.59 Å². The highest BCUT2D eigenvalue weighted by Crippen LogP contribution is 2.23. The Morgan fingerprint density at radius 1 is 1.22 bits per heavy atom. The fourth-order valence-electron chi connectivity index (χ4n) is 2.94. The Morgan fingerprint density at radius 2 is 2.00 bits per heavy atom. The largest absolute Gasteiger partial charge is 0.368 e. The van der Waals surface area contributed by atoms with Crippen LogP contribution in [0.1, 0.15) is 39.0 Å². The summed E-state index contributed by atoms with van der Waals surface area (Å²) in [5, 5.41) is 3.33. The van der Waals surface area contributed by atoms with Crippen molar-refractivity contribution >= 4 is 11.8 Å². The third kappa shape index (κ3) is 2.83. The monoisotopic (exact) mass is 253 g/mol. The summed E-state index contributed by atoms with van der Waals surface area (Å²) in [4.78, 5) is 25.6. The van der Waals surface area contributed by atoms with Crippen molar-refractivity contribution in [2.45, 2.75) is 51.1 Å². The molecule has 2 aliphatic rings. The van der Waals surface area contributed by atoms with E-state index >= 15 is 0 Å². The maximum Gasteiger partial charge on any atom is 0.240 e. The van der Waals surface area contributed by atoms with Crippen LogP contribution in [0.25, 0.3) is 0 Å². The first-order chi connectivity index (χ1) is 8.59. The average Bonchev–Trinajstić information content (AvgIpc) is 2.39. The van der Waals surface area contributed by atoms with Gasteiger partial charge in [0.25, 0.3) is 0 Å². The topological polar surface area (TPSA) is 75.4 Å². The molecule has 0 aromatic rings. The van der Waals surface area contributed by atoms with Crippen LogP contribution in [0, 0.1) is 5.92 Å². The second-order valence-corrected chi connectivity index (χ2v) is 5.53. The molecule has 2 amide bonds. The standard InChI is InChI=1S/C13H23N3O2/c1-9-5-6-10(8-15-9)13(18)16-7-3-2-4-11(16)12(14)17/h9-11,15H,2-8H2,1H3,(H2,14,17). The average molecular weight is 253 g/mol. The van der Waals surface area contributed by atoms with Crippen LogP contribution >= 0.6 is 0 Å². The van der Waals surface area contributed by atoms with Gasteiger partial charge in [-0.2, -0.15) is 0 Å². The summed E-state index contributed by atoms with van der Waals surface area (Å²) >= 11 is 0. The maximum absolute atomic E-state index is 12.5. The number of nitrogens with zero attached hydrogens (tertiary/aromatic N) is 1. The van der Waals surface area contributed by atoms with Crippen LogP contribution < -0.4 is 11.1 Å². The lowest BCUT2D eigenvalue weighted by atomic mass is 9.92. The maximum atomic E-state index is 12.5. The van der Waals surface area contributed by atoms with Crippen LogP contribution in [0.4, 0.5) is 0 Å². The number of nitrogens with two attached hydrogens (primary N) is 1. The van der Waals surface area contributed by atoms with Crippen LogP contribution in [0.2, 0.25) is 0 Å². The molecule has 0 saturated carbocycles. The predicted molar refractivity (Wildman–Crippen MR) is 68.7 cm³/mol. The van der Waals surface area contributed by atoms with Gasteiger partial charge in [-0.05, 0) is 39.0 Å². The third-order valence-electron chi connectivity index (χ3n) is 4.12. The van der Waals surface area contributed by atoms with Crippen molar-refractivity contribution in [3.8, 4) is 0 Å². The van der Waals surface area contributed by atoms with Crippen molar-refractivity contribution in [1.29, 1.82) is 0 Å². The molecule has 0 aromatic heterocycles. The molecule has 102 valence electrons. The van der Waals surface area contributed by atoms with Gasteiger partial charge in [0.1, 0.15) is 6.04 Å². The van der Waals surface area contributed by atoms with Crippen molar-refractivity contribution in [3.05, 3.63) is 0 Å². The van der Waals surface area contributed by atoms with E-state index < -0.39 is 0 Å². The molecular formula is C13H23N3O2. The summed E-state index contributed by atoms with van der Waals surface area (Å²) in [6.07, 6.45) is 4.61. The zero-order chi connectivity index (χ0) is 13.1. The SMILES string of the molecule is CC1CCC(C(=O)N2CCCCC2C(N)=O)CN1. The minimum absolute atomic E-state index is 0.0150. The Balaban J connectivity index is 2.00. The van der Waals surface area contributed by atoms with E-state index in [1.54, 1.807) is 4.90 Å².